The summed E-state index contributed by atoms with van der Waals surface area (Å²) in [7, 11) is 0. The lowest BCUT2D eigenvalue weighted by Crippen LogP contribution is -2.19. The van der Waals surface area contributed by atoms with Gasteiger partial charge in [-0.1, -0.05) is 0 Å². The molecule has 0 saturated heterocycles. The number of nitrogens with one attached hydrogen (secondary N) is 1. The number of thioether (sulfide) groups is 1. The first-order valence-corrected chi connectivity index (χ1v) is 7.16. The Morgan fingerprint density at radius 1 is 1.67 bits per heavy atom. The quantitative estimate of drug-likeness (QED) is 0.769. The van der Waals surface area contributed by atoms with E-state index in [1.54, 1.807) is 24.8 Å². The van der Waals surface area contributed by atoms with Gasteiger partial charge in [-0.05, 0) is 26.2 Å². The van der Waals surface area contributed by atoms with E-state index in [0.717, 1.165) is 5.75 Å². The maximum Gasteiger partial charge on any atom is 0.340 e. The number of esters is 1. The molecule has 5 nitrogen and oxygen atoms in total. The van der Waals surface area contributed by atoms with Crippen LogP contribution in [-0.2, 0) is 4.74 Å². The third-order valence-corrected chi connectivity index (χ3v) is 3.07. The summed E-state index contributed by atoms with van der Waals surface area (Å²) in [6, 6.07) is 1.90. The second-order valence-electron chi connectivity index (χ2n) is 3.88. The van der Waals surface area contributed by atoms with Gasteiger partial charge in [0.15, 0.2) is 0 Å². The van der Waals surface area contributed by atoms with Gasteiger partial charge in [0, 0.05) is 11.8 Å². The van der Waals surface area contributed by atoms with Crippen LogP contribution in [0.1, 0.15) is 24.2 Å². The Morgan fingerprint density at radius 2 is 2.39 bits per heavy atom. The van der Waals surface area contributed by atoms with Gasteiger partial charge in [0.1, 0.15) is 5.82 Å². The van der Waals surface area contributed by atoms with Crippen LogP contribution in [0.4, 0.5) is 11.5 Å². The maximum atomic E-state index is 11.7. The van der Waals surface area contributed by atoms with Gasteiger partial charge in [0.05, 0.1) is 24.1 Å². The number of aromatic nitrogens is 1. The van der Waals surface area contributed by atoms with Gasteiger partial charge in [0.2, 0.25) is 0 Å². The largest absolute Gasteiger partial charge is 0.462 e. The summed E-state index contributed by atoms with van der Waals surface area (Å²) in [5, 5.41) is 3.21. The van der Waals surface area contributed by atoms with Gasteiger partial charge >= 0.3 is 5.97 Å². The molecule has 3 N–H and O–H groups in total. The molecule has 0 fully saturated rings. The van der Waals surface area contributed by atoms with E-state index >= 15 is 0 Å². The molecule has 1 atom stereocenters. The Balaban J connectivity index is 2.83. The second kappa shape index (κ2) is 7.10. The summed E-state index contributed by atoms with van der Waals surface area (Å²) in [6.45, 7) is 4.14. The first-order chi connectivity index (χ1) is 8.58. The molecular weight excluding hydrogens is 250 g/mol. The van der Waals surface area contributed by atoms with Gasteiger partial charge in [-0.2, -0.15) is 11.8 Å². The highest BCUT2D eigenvalue weighted by atomic mass is 32.2. The Kier molecular flexibility index (Phi) is 5.77. The van der Waals surface area contributed by atoms with E-state index in [0.29, 0.717) is 23.7 Å². The molecule has 1 aromatic heterocycles. The molecule has 0 saturated carbocycles. The molecule has 18 heavy (non-hydrogen) atoms. The van der Waals surface area contributed by atoms with E-state index in [-0.39, 0.29) is 6.04 Å². The Bertz CT molecular complexity index is 412. The maximum absolute atomic E-state index is 11.7. The minimum absolute atomic E-state index is 0.270. The zero-order valence-electron chi connectivity index (χ0n) is 10.9. The summed E-state index contributed by atoms with van der Waals surface area (Å²) in [6.07, 6.45) is 3.51. The van der Waals surface area contributed by atoms with Crippen molar-refractivity contribution < 1.29 is 9.53 Å². The van der Waals surface area contributed by atoms with Crippen LogP contribution in [0.25, 0.3) is 0 Å². The number of nitrogens with two attached hydrogens (primary N) is 1. The van der Waals surface area contributed by atoms with E-state index in [2.05, 4.69) is 17.2 Å². The van der Waals surface area contributed by atoms with Crippen LogP contribution in [0.3, 0.4) is 0 Å². The van der Waals surface area contributed by atoms with Gasteiger partial charge in [-0.3, -0.25) is 0 Å². The molecule has 0 aliphatic carbocycles. The average Bonchev–Trinajstić information content (AvgIpc) is 2.32. The lowest BCUT2D eigenvalue weighted by molar-refractivity contribution is 0.0527. The number of hydrogen-bond acceptors (Lipinski definition) is 6. The number of anilines is 2. The molecule has 100 valence electrons. The average molecular weight is 269 g/mol. The lowest BCUT2D eigenvalue weighted by Gasteiger charge is -2.14. The number of ether oxygens (including phenoxy) is 1. The van der Waals surface area contributed by atoms with Crippen molar-refractivity contribution in [1.29, 1.82) is 0 Å². The van der Waals surface area contributed by atoms with E-state index < -0.39 is 5.97 Å². The topological polar surface area (TPSA) is 77.2 Å². The first kappa shape index (κ1) is 14.6. The highest BCUT2D eigenvalue weighted by Crippen LogP contribution is 2.17. The molecule has 0 aliphatic rings. The minimum Gasteiger partial charge on any atom is -0.462 e. The normalized spacial score (nSPS) is 11.9. The zero-order valence-corrected chi connectivity index (χ0v) is 11.7. The molecular formula is C12H19N3O2S. The monoisotopic (exact) mass is 269 g/mol. The Morgan fingerprint density at radius 3 is 3.00 bits per heavy atom. The fourth-order valence-corrected chi connectivity index (χ4v) is 2.06. The molecule has 0 bridgehead atoms. The molecule has 1 rings (SSSR count). The summed E-state index contributed by atoms with van der Waals surface area (Å²) in [5.41, 5.74) is 6.40. The van der Waals surface area contributed by atoms with E-state index in [4.69, 9.17) is 10.5 Å². The number of hydrogen-bond donors (Lipinski definition) is 2. The fourth-order valence-electron chi connectivity index (χ4n) is 1.47. The van der Waals surface area contributed by atoms with Crippen molar-refractivity contribution in [2.45, 2.75) is 19.9 Å². The molecule has 0 aliphatic heterocycles. The highest BCUT2D eigenvalue weighted by Gasteiger charge is 2.13. The predicted octanol–water partition coefficient (Wildman–Crippen LogP) is 2.00. The molecule has 6 heteroatoms. The van der Waals surface area contributed by atoms with Gasteiger partial charge < -0.3 is 15.8 Å². The number of nitrogen functional groups attached to an aromatic ring is 1. The third kappa shape index (κ3) is 4.10. The Hall–Kier alpha value is -1.43. The van der Waals surface area contributed by atoms with Crippen LogP contribution in [0.15, 0.2) is 12.3 Å². The van der Waals surface area contributed by atoms with Crippen molar-refractivity contribution in [2.24, 2.45) is 0 Å². The van der Waals surface area contributed by atoms with Gasteiger partial charge in [-0.25, -0.2) is 9.78 Å². The van der Waals surface area contributed by atoms with Crippen molar-refractivity contribution >= 4 is 29.2 Å². The molecule has 0 radical (unpaired) electrons. The summed E-state index contributed by atoms with van der Waals surface area (Å²) in [5.74, 6) is 1.17. The van der Waals surface area contributed by atoms with Crippen molar-refractivity contribution in [2.75, 3.05) is 29.7 Å². The number of nitrogens with zero attached hydrogens (tertiary/aromatic N) is 1. The highest BCUT2D eigenvalue weighted by molar-refractivity contribution is 7.98. The standard InChI is InChI=1S/C12H19N3O2S/c1-4-17-12(16)9-5-11(14-6-10(9)13)15-8(2)7-18-3/h5-6,8H,4,7,13H2,1-3H3,(H,14,15). The van der Waals surface area contributed by atoms with Crippen molar-refractivity contribution in [1.82, 2.24) is 4.98 Å². The van der Waals surface area contributed by atoms with E-state index in [9.17, 15) is 4.79 Å². The molecule has 0 aromatic carbocycles. The van der Waals surface area contributed by atoms with Crippen LogP contribution in [-0.4, -0.2) is 35.6 Å². The number of carbonyl (C=O) groups excluding carboxylic acids is 1. The van der Waals surface area contributed by atoms with Crippen LogP contribution in [0.2, 0.25) is 0 Å². The van der Waals surface area contributed by atoms with Crippen LogP contribution < -0.4 is 11.1 Å². The van der Waals surface area contributed by atoms with Crippen molar-refractivity contribution in [3.8, 4) is 0 Å². The number of carbonyl (C=O) groups is 1. The Labute approximate surface area is 111 Å². The molecule has 1 unspecified atom stereocenters. The van der Waals surface area contributed by atoms with Crippen LogP contribution in [0, 0.1) is 0 Å². The van der Waals surface area contributed by atoms with Crippen molar-refractivity contribution in [3.05, 3.63) is 17.8 Å². The SMILES string of the molecule is CCOC(=O)c1cc(NC(C)CSC)ncc1N. The third-order valence-electron chi connectivity index (χ3n) is 2.24. The predicted molar refractivity (Wildman–Crippen MR) is 76.1 cm³/mol. The number of rotatable bonds is 6. The van der Waals surface area contributed by atoms with Gasteiger partial charge in [-0.15, -0.1) is 0 Å². The summed E-state index contributed by atoms with van der Waals surface area (Å²) >= 11 is 1.74. The lowest BCUT2D eigenvalue weighted by atomic mass is 10.2. The van der Waals surface area contributed by atoms with E-state index in [1.807, 2.05) is 6.26 Å². The van der Waals surface area contributed by atoms with E-state index in [1.165, 1.54) is 6.20 Å². The smallest absolute Gasteiger partial charge is 0.340 e. The van der Waals surface area contributed by atoms with Gasteiger partial charge in [0.25, 0.3) is 0 Å². The summed E-state index contributed by atoms with van der Waals surface area (Å²) < 4.78 is 4.94. The number of pyridine rings is 1. The molecule has 1 aromatic rings. The fraction of sp³-hybridized carbons (Fsp3) is 0.500. The molecule has 0 spiro atoms. The molecule has 0 amide bonds. The minimum atomic E-state index is -0.419. The zero-order chi connectivity index (χ0) is 13.5. The van der Waals surface area contributed by atoms with Crippen LogP contribution >= 0.6 is 11.8 Å². The second-order valence-corrected chi connectivity index (χ2v) is 4.79. The summed E-state index contributed by atoms with van der Waals surface area (Å²) in [4.78, 5) is 15.8. The van der Waals surface area contributed by atoms with Crippen LogP contribution in [0.5, 0.6) is 0 Å². The first-order valence-electron chi connectivity index (χ1n) is 5.76. The molecule has 1 heterocycles. The van der Waals surface area contributed by atoms with Crippen molar-refractivity contribution in [3.63, 3.8) is 0 Å².